The van der Waals surface area contributed by atoms with Gasteiger partial charge in [0.1, 0.15) is 11.5 Å². The lowest BCUT2D eigenvalue weighted by Gasteiger charge is -2.18. The summed E-state index contributed by atoms with van der Waals surface area (Å²) in [6.07, 6.45) is 2.81. The monoisotopic (exact) mass is 403 g/mol. The van der Waals surface area contributed by atoms with Gasteiger partial charge in [-0.25, -0.2) is 0 Å². The van der Waals surface area contributed by atoms with E-state index in [9.17, 15) is 15.0 Å². The Morgan fingerprint density at radius 1 is 1.07 bits per heavy atom. The number of aromatic hydroxyl groups is 2. The standard InChI is InChI=1S/C24H25N3O3/c1-13-9-18(28)20(16-7-5-15(6-8-16)14(2)12-27(3)4)22-17-10-25-11-19(29)21(17)24(30)26-23(13)22/h5-11,14,28-29H,12H2,1-4H3,(H,26,30). The van der Waals surface area contributed by atoms with E-state index in [4.69, 9.17) is 0 Å². The molecule has 0 spiro atoms. The SMILES string of the molecule is Cc1cc(O)c(-c2ccc(C(C)CN(C)C)cc2)c2c1[nH]c(=O)c1c(O)cncc12. The van der Waals surface area contributed by atoms with E-state index in [2.05, 4.69) is 48.0 Å². The number of fused-ring (bicyclic) bond motifs is 3. The second kappa shape index (κ2) is 7.46. The number of aryl methyl sites for hydroxylation is 1. The Labute approximate surface area is 174 Å². The van der Waals surface area contributed by atoms with Gasteiger partial charge in [-0.15, -0.1) is 0 Å². The molecule has 2 aromatic heterocycles. The van der Waals surface area contributed by atoms with Crippen LogP contribution in [-0.2, 0) is 0 Å². The molecular weight excluding hydrogens is 378 g/mol. The molecule has 1 atom stereocenters. The number of hydrogen-bond donors (Lipinski definition) is 3. The van der Waals surface area contributed by atoms with Gasteiger partial charge in [0.25, 0.3) is 5.56 Å². The number of hydrogen-bond acceptors (Lipinski definition) is 5. The maximum atomic E-state index is 12.6. The molecule has 0 saturated heterocycles. The Kier molecular flexibility index (Phi) is 4.95. The summed E-state index contributed by atoms with van der Waals surface area (Å²) in [4.78, 5) is 21.7. The third-order valence-electron chi connectivity index (χ3n) is 5.57. The molecule has 3 N–H and O–H groups in total. The molecule has 0 aliphatic heterocycles. The first kappa shape index (κ1) is 19.9. The number of nitrogens with zero attached hydrogens (tertiary/aromatic N) is 2. The number of likely N-dealkylation sites (N-methyl/N-ethyl adjacent to an activating group) is 1. The Hall–Kier alpha value is -3.38. The van der Waals surface area contributed by atoms with Gasteiger partial charge >= 0.3 is 0 Å². The van der Waals surface area contributed by atoms with Crippen LogP contribution >= 0.6 is 0 Å². The van der Waals surface area contributed by atoms with Crippen molar-refractivity contribution in [1.82, 2.24) is 14.9 Å². The van der Waals surface area contributed by atoms with E-state index >= 15 is 0 Å². The van der Waals surface area contributed by atoms with Gasteiger partial charge in [0.15, 0.2) is 0 Å². The summed E-state index contributed by atoms with van der Waals surface area (Å²) in [5.41, 5.74) is 3.62. The van der Waals surface area contributed by atoms with E-state index in [1.54, 1.807) is 12.3 Å². The van der Waals surface area contributed by atoms with Gasteiger partial charge in [0, 0.05) is 29.1 Å². The molecule has 0 aliphatic rings. The Balaban J connectivity index is 2.00. The molecule has 4 rings (SSSR count). The highest BCUT2D eigenvalue weighted by molar-refractivity contribution is 6.15. The zero-order valence-corrected chi connectivity index (χ0v) is 17.5. The first-order chi connectivity index (χ1) is 14.3. The van der Waals surface area contributed by atoms with E-state index in [-0.39, 0.29) is 22.4 Å². The molecule has 154 valence electrons. The number of phenolic OH excluding ortho intramolecular Hbond substituents is 1. The quantitative estimate of drug-likeness (QED) is 0.446. The van der Waals surface area contributed by atoms with E-state index in [0.717, 1.165) is 17.7 Å². The van der Waals surface area contributed by atoms with Crippen LogP contribution in [0, 0.1) is 6.92 Å². The smallest absolute Gasteiger partial charge is 0.260 e. The summed E-state index contributed by atoms with van der Waals surface area (Å²) in [5, 5.41) is 22.4. The lowest BCUT2D eigenvalue weighted by atomic mass is 9.92. The largest absolute Gasteiger partial charge is 0.507 e. The van der Waals surface area contributed by atoms with Crippen molar-refractivity contribution >= 4 is 21.7 Å². The van der Waals surface area contributed by atoms with Crippen molar-refractivity contribution in [3.8, 4) is 22.6 Å². The summed E-state index contributed by atoms with van der Waals surface area (Å²) in [5.74, 6) is 0.303. The van der Waals surface area contributed by atoms with Gasteiger partial charge in [0.05, 0.1) is 17.1 Å². The highest BCUT2D eigenvalue weighted by atomic mass is 16.3. The highest BCUT2D eigenvalue weighted by Gasteiger charge is 2.19. The van der Waals surface area contributed by atoms with Crippen LogP contribution in [0.25, 0.3) is 32.8 Å². The summed E-state index contributed by atoms with van der Waals surface area (Å²) in [7, 11) is 4.10. The molecule has 0 bridgehead atoms. The maximum absolute atomic E-state index is 12.6. The lowest BCUT2D eigenvalue weighted by molar-refractivity contribution is 0.383. The number of aromatic amines is 1. The lowest BCUT2D eigenvalue weighted by Crippen LogP contribution is -2.18. The maximum Gasteiger partial charge on any atom is 0.260 e. The normalized spacial score (nSPS) is 12.7. The van der Waals surface area contributed by atoms with Crippen molar-refractivity contribution in [1.29, 1.82) is 0 Å². The predicted molar refractivity (Wildman–Crippen MR) is 120 cm³/mol. The number of pyridine rings is 2. The van der Waals surface area contributed by atoms with Gasteiger partial charge in [-0.1, -0.05) is 31.2 Å². The van der Waals surface area contributed by atoms with Gasteiger partial charge in [-0.05, 0) is 49.7 Å². The molecule has 2 aromatic carbocycles. The fourth-order valence-corrected chi connectivity index (χ4v) is 4.21. The van der Waals surface area contributed by atoms with E-state index in [1.807, 2.05) is 19.1 Å². The third kappa shape index (κ3) is 3.29. The van der Waals surface area contributed by atoms with Crippen LogP contribution in [0.4, 0.5) is 0 Å². The molecule has 1 unspecified atom stereocenters. The van der Waals surface area contributed by atoms with Crippen molar-refractivity contribution < 1.29 is 10.2 Å². The molecular formula is C24H25N3O3. The molecule has 0 fully saturated rings. The van der Waals surface area contributed by atoms with Crippen LogP contribution in [0.2, 0.25) is 0 Å². The van der Waals surface area contributed by atoms with Gasteiger partial charge in [-0.3, -0.25) is 9.78 Å². The van der Waals surface area contributed by atoms with Crippen LogP contribution in [0.15, 0.2) is 47.5 Å². The van der Waals surface area contributed by atoms with E-state index in [1.165, 1.54) is 11.8 Å². The number of nitrogens with one attached hydrogen (secondary N) is 1. The van der Waals surface area contributed by atoms with Crippen LogP contribution in [0.3, 0.4) is 0 Å². The second-order valence-corrected chi connectivity index (χ2v) is 8.16. The third-order valence-corrected chi connectivity index (χ3v) is 5.57. The number of H-pyrrole nitrogens is 1. The summed E-state index contributed by atoms with van der Waals surface area (Å²) < 4.78 is 0. The van der Waals surface area contributed by atoms with E-state index in [0.29, 0.717) is 27.8 Å². The minimum absolute atomic E-state index is 0.116. The topological polar surface area (TPSA) is 89.5 Å². The molecule has 4 aromatic rings. The molecule has 6 heteroatoms. The fraction of sp³-hybridized carbons (Fsp3) is 0.250. The number of benzene rings is 2. The van der Waals surface area contributed by atoms with Gasteiger partial charge in [-0.2, -0.15) is 0 Å². The van der Waals surface area contributed by atoms with Crippen LogP contribution < -0.4 is 5.56 Å². The van der Waals surface area contributed by atoms with Crippen molar-refractivity contribution in [2.45, 2.75) is 19.8 Å². The van der Waals surface area contributed by atoms with Crippen LogP contribution in [-0.4, -0.2) is 45.7 Å². The van der Waals surface area contributed by atoms with Crippen molar-refractivity contribution in [3.63, 3.8) is 0 Å². The molecule has 30 heavy (non-hydrogen) atoms. The summed E-state index contributed by atoms with van der Waals surface area (Å²) in [6, 6.07) is 9.76. The summed E-state index contributed by atoms with van der Waals surface area (Å²) >= 11 is 0. The average molecular weight is 403 g/mol. The van der Waals surface area contributed by atoms with Crippen molar-refractivity contribution in [3.05, 3.63) is 64.2 Å². The summed E-state index contributed by atoms with van der Waals surface area (Å²) in [6.45, 7) is 4.95. The highest BCUT2D eigenvalue weighted by Crippen LogP contribution is 2.41. The van der Waals surface area contributed by atoms with Crippen LogP contribution in [0.1, 0.15) is 24.0 Å². The number of aromatic nitrogens is 2. The van der Waals surface area contributed by atoms with Crippen molar-refractivity contribution in [2.24, 2.45) is 0 Å². The fourth-order valence-electron chi connectivity index (χ4n) is 4.21. The number of phenols is 1. The minimum Gasteiger partial charge on any atom is -0.507 e. The predicted octanol–water partition coefficient (Wildman–Crippen LogP) is 4.13. The Morgan fingerprint density at radius 3 is 2.43 bits per heavy atom. The molecule has 0 amide bonds. The van der Waals surface area contributed by atoms with E-state index < -0.39 is 0 Å². The molecule has 6 nitrogen and oxygen atoms in total. The van der Waals surface area contributed by atoms with Crippen LogP contribution in [0.5, 0.6) is 11.5 Å². The zero-order valence-electron chi connectivity index (χ0n) is 17.5. The second-order valence-electron chi connectivity index (χ2n) is 8.16. The number of rotatable bonds is 4. The zero-order chi connectivity index (χ0) is 21.6. The average Bonchev–Trinajstić information content (AvgIpc) is 2.69. The first-order valence-corrected chi connectivity index (χ1v) is 9.88. The molecule has 0 aliphatic carbocycles. The van der Waals surface area contributed by atoms with Crippen molar-refractivity contribution in [2.75, 3.05) is 20.6 Å². The van der Waals surface area contributed by atoms with Gasteiger partial charge in [0.2, 0.25) is 0 Å². The first-order valence-electron chi connectivity index (χ1n) is 9.88. The molecule has 0 saturated carbocycles. The molecule has 0 radical (unpaired) electrons. The molecule has 2 heterocycles. The Morgan fingerprint density at radius 2 is 1.77 bits per heavy atom. The van der Waals surface area contributed by atoms with Gasteiger partial charge < -0.3 is 20.1 Å². The Bertz CT molecular complexity index is 1310. The minimum atomic E-state index is -0.384.